The summed E-state index contributed by atoms with van der Waals surface area (Å²) in [5.74, 6) is 0. The molecule has 0 radical (unpaired) electrons. The summed E-state index contributed by atoms with van der Waals surface area (Å²) >= 11 is 0. The van der Waals surface area contributed by atoms with Crippen LogP contribution in [0, 0.1) is 6.92 Å². The van der Waals surface area contributed by atoms with Crippen LogP contribution in [0.1, 0.15) is 30.0 Å². The molecule has 0 spiro atoms. The summed E-state index contributed by atoms with van der Waals surface area (Å²) in [6.45, 7) is 2.90. The molecule has 4 nitrogen and oxygen atoms in total. The molecule has 1 aliphatic heterocycles. The fourth-order valence-corrected chi connectivity index (χ4v) is 3.71. The monoisotopic (exact) mass is 331 g/mol. The zero-order valence-corrected chi connectivity index (χ0v) is 14.3. The van der Waals surface area contributed by atoms with Crippen molar-refractivity contribution in [2.45, 2.75) is 25.8 Å². The maximum absolute atomic E-state index is 13.0. The summed E-state index contributed by atoms with van der Waals surface area (Å²) in [5, 5.41) is 5.14. The summed E-state index contributed by atoms with van der Waals surface area (Å²) in [4.78, 5) is 19.1. The van der Waals surface area contributed by atoms with Gasteiger partial charge >= 0.3 is 6.03 Å². The minimum atomic E-state index is -0.0323. The summed E-state index contributed by atoms with van der Waals surface area (Å²) in [7, 11) is 0. The maximum atomic E-state index is 13.0. The van der Waals surface area contributed by atoms with Crippen LogP contribution in [0.3, 0.4) is 0 Å². The fourth-order valence-electron chi connectivity index (χ4n) is 3.71. The topological polar surface area (TPSA) is 45.2 Å². The molecule has 2 amide bonds. The molecule has 4 heteroatoms. The lowest BCUT2D eigenvalue weighted by Gasteiger charge is -2.26. The van der Waals surface area contributed by atoms with Gasteiger partial charge in [0.25, 0.3) is 0 Å². The Hall–Kier alpha value is -2.88. The summed E-state index contributed by atoms with van der Waals surface area (Å²) in [6, 6.07) is 16.3. The Morgan fingerprint density at radius 2 is 2.04 bits per heavy atom. The minimum absolute atomic E-state index is 0.0323. The molecule has 1 aromatic heterocycles. The SMILES string of the molecule is Cc1ccccc1C1CCCN1C(=O)Nc1cccc2cnccc12. The van der Waals surface area contributed by atoms with Gasteiger partial charge < -0.3 is 10.2 Å². The first-order valence-electron chi connectivity index (χ1n) is 8.70. The first kappa shape index (κ1) is 15.6. The average molecular weight is 331 g/mol. The van der Waals surface area contributed by atoms with Crippen LogP contribution >= 0.6 is 0 Å². The van der Waals surface area contributed by atoms with Crippen molar-refractivity contribution in [1.82, 2.24) is 9.88 Å². The standard InChI is InChI=1S/C21H21N3O/c1-15-6-2-3-8-17(15)20-10-5-13-24(20)21(25)23-19-9-4-7-16-14-22-12-11-18(16)19/h2-4,6-9,11-12,14,20H,5,10,13H2,1H3,(H,23,25). The number of hydrogen-bond donors (Lipinski definition) is 1. The lowest BCUT2D eigenvalue weighted by molar-refractivity contribution is 0.207. The molecule has 2 heterocycles. The molecule has 1 aliphatic rings. The Morgan fingerprint density at radius 1 is 1.16 bits per heavy atom. The first-order chi connectivity index (χ1) is 12.2. The van der Waals surface area contributed by atoms with Gasteiger partial charge in [-0.2, -0.15) is 0 Å². The molecule has 4 rings (SSSR count). The lowest BCUT2D eigenvalue weighted by atomic mass is 9.99. The third-order valence-electron chi connectivity index (χ3n) is 4.98. The van der Waals surface area contributed by atoms with E-state index < -0.39 is 0 Å². The number of fused-ring (bicyclic) bond motifs is 1. The number of pyridine rings is 1. The molecule has 3 aromatic rings. The molecule has 1 unspecified atom stereocenters. The Kier molecular flexibility index (Phi) is 4.10. The van der Waals surface area contributed by atoms with Crippen molar-refractivity contribution in [3.8, 4) is 0 Å². The van der Waals surface area contributed by atoms with Crippen molar-refractivity contribution < 1.29 is 4.79 Å². The minimum Gasteiger partial charge on any atom is -0.317 e. The highest BCUT2D eigenvalue weighted by atomic mass is 16.2. The van der Waals surface area contributed by atoms with Gasteiger partial charge in [0.05, 0.1) is 11.7 Å². The van der Waals surface area contributed by atoms with Crippen molar-refractivity contribution >= 4 is 22.5 Å². The predicted octanol–water partition coefficient (Wildman–Crippen LogP) is 4.91. The number of aromatic nitrogens is 1. The van der Waals surface area contributed by atoms with Crippen LogP contribution in [-0.2, 0) is 0 Å². The van der Waals surface area contributed by atoms with E-state index in [0.29, 0.717) is 0 Å². The van der Waals surface area contributed by atoms with Crippen LogP contribution in [0.2, 0.25) is 0 Å². The number of benzene rings is 2. The van der Waals surface area contributed by atoms with E-state index in [-0.39, 0.29) is 12.1 Å². The Bertz CT molecular complexity index is 916. The Labute approximate surface area is 147 Å². The van der Waals surface area contributed by atoms with Crippen molar-refractivity contribution in [2.75, 3.05) is 11.9 Å². The van der Waals surface area contributed by atoms with Gasteiger partial charge in [0.2, 0.25) is 0 Å². The predicted molar refractivity (Wildman–Crippen MR) is 101 cm³/mol. The van der Waals surface area contributed by atoms with Crippen LogP contribution < -0.4 is 5.32 Å². The zero-order valence-electron chi connectivity index (χ0n) is 14.3. The maximum Gasteiger partial charge on any atom is 0.322 e. The van der Waals surface area contributed by atoms with E-state index >= 15 is 0 Å². The molecule has 2 aromatic carbocycles. The Morgan fingerprint density at radius 3 is 2.92 bits per heavy atom. The van der Waals surface area contributed by atoms with E-state index in [1.54, 1.807) is 6.20 Å². The van der Waals surface area contributed by atoms with Crippen molar-refractivity contribution in [2.24, 2.45) is 0 Å². The molecule has 25 heavy (non-hydrogen) atoms. The van der Waals surface area contributed by atoms with Crippen molar-refractivity contribution in [3.63, 3.8) is 0 Å². The number of rotatable bonds is 2. The van der Waals surface area contributed by atoms with Gasteiger partial charge in [-0.1, -0.05) is 36.4 Å². The summed E-state index contributed by atoms with van der Waals surface area (Å²) < 4.78 is 0. The van der Waals surface area contributed by atoms with Crippen molar-refractivity contribution in [1.29, 1.82) is 0 Å². The van der Waals surface area contributed by atoms with E-state index in [0.717, 1.165) is 35.8 Å². The number of anilines is 1. The van der Waals surface area contributed by atoms with Gasteiger partial charge in [0.15, 0.2) is 0 Å². The Balaban J connectivity index is 1.61. The number of hydrogen-bond acceptors (Lipinski definition) is 2. The molecule has 1 fully saturated rings. The van der Waals surface area contributed by atoms with Crippen LogP contribution in [0.5, 0.6) is 0 Å². The number of aryl methyl sites for hydroxylation is 1. The van der Waals surface area contributed by atoms with Crippen LogP contribution in [-0.4, -0.2) is 22.5 Å². The van der Waals surface area contributed by atoms with Gasteiger partial charge in [-0.25, -0.2) is 4.79 Å². The first-order valence-corrected chi connectivity index (χ1v) is 8.70. The van der Waals surface area contributed by atoms with E-state index in [9.17, 15) is 4.79 Å². The largest absolute Gasteiger partial charge is 0.322 e. The molecule has 0 bridgehead atoms. The number of nitrogens with zero attached hydrogens (tertiary/aromatic N) is 2. The third kappa shape index (κ3) is 2.95. The molecular weight excluding hydrogens is 310 g/mol. The second-order valence-corrected chi connectivity index (χ2v) is 6.54. The number of amides is 2. The van der Waals surface area contributed by atoms with E-state index in [2.05, 4.69) is 35.4 Å². The molecule has 1 N–H and O–H groups in total. The summed E-state index contributed by atoms with van der Waals surface area (Å²) in [6.07, 6.45) is 5.62. The van der Waals surface area contributed by atoms with Crippen LogP contribution in [0.25, 0.3) is 10.8 Å². The van der Waals surface area contributed by atoms with Crippen molar-refractivity contribution in [3.05, 3.63) is 72.1 Å². The second-order valence-electron chi connectivity index (χ2n) is 6.54. The molecule has 126 valence electrons. The highest BCUT2D eigenvalue weighted by Crippen LogP contribution is 2.34. The third-order valence-corrected chi connectivity index (χ3v) is 4.98. The van der Waals surface area contributed by atoms with Crippen LogP contribution in [0.15, 0.2) is 60.9 Å². The van der Waals surface area contributed by atoms with E-state index in [4.69, 9.17) is 0 Å². The smallest absolute Gasteiger partial charge is 0.317 e. The second kappa shape index (κ2) is 6.55. The number of urea groups is 1. The molecule has 0 aliphatic carbocycles. The molecule has 0 saturated carbocycles. The number of carbonyl (C=O) groups is 1. The highest BCUT2D eigenvalue weighted by molar-refractivity contribution is 6.01. The fraction of sp³-hybridized carbons (Fsp3) is 0.238. The number of carbonyl (C=O) groups excluding carboxylic acids is 1. The van der Waals surface area contributed by atoms with Gasteiger partial charge in [-0.3, -0.25) is 4.98 Å². The van der Waals surface area contributed by atoms with Gasteiger partial charge in [0.1, 0.15) is 0 Å². The number of likely N-dealkylation sites (tertiary alicyclic amines) is 1. The van der Waals surface area contributed by atoms with Gasteiger partial charge in [-0.05, 0) is 43.0 Å². The normalized spacial score (nSPS) is 17.0. The molecule has 1 atom stereocenters. The lowest BCUT2D eigenvalue weighted by Crippen LogP contribution is -2.34. The number of nitrogens with one attached hydrogen (secondary N) is 1. The zero-order chi connectivity index (χ0) is 17.2. The highest BCUT2D eigenvalue weighted by Gasteiger charge is 2.30. The van der Waals surface area contributed by atoms with Gasteiger partial charge in [0, 0.05) is 29.7 Å². The quantitative estimate of drug-likeness (QED) is 0.725. The molecule has 1 saturated heterocycles. The average Bonchev–Trinajstić information content (AvgIpc) is 3.12. The van der Waals surface area contributed by atoms with Crippen LogP contribution in [0.4, 0.5) is 10.5 Å². The van der Waals surface area contributed by atoms with Gasteiger partial charge in [-0.15, -0.1) is 0 Å². The van der Waals surface area contributed by atoms with E-state index in [1.807, 2.05) is 41.4 Å². The van der Waals surface area contributed by atoms with E-state index in [1.165, 1.54) is 11.1 Å². The summed E-state index contributed by atoms with van der Waals surface area (Å²) in [5.41, 5.74) is 3.32. The molecular formula is C21H21N3O.